The third kappa shape index (κ3) is 1.91. The second kappa shape index (κ2) is 3.19. The predicted octanol–water partition coefficient (Wildman–Crippen LogP) is -0.308. The first-order valence-corrected chi connectivity index (χ1v) is 9.05. The fourth-order valence-electron chi connectivity index (χ4n) is 0.0442. The molecule has 0 saturated carbocycles. The van der Waals surface area contributed by atoms with Gasteiger partial charge in [0.05, 0.1) is 0 Å². The van der Waals surface area contributed by atoms with E-state index in [-0.39, 0.29) is 0 Å². The molecule has 0 aliphatic heterocycles. The quantitative estimate of drug-likeness (QED) is 0.455. The van der Waals surface area contributed by atoms with Crippen LogP contribution in [-0.4, -0.2) is 13.4 Å². The van der Waals surface area contributed by atoms with E-state index in [1.165, 1.54) is 33.2 Å². The van der Waals surface area contributed by atoms with E-state index in [2.05, 4.69) is 0 Å². The third-order valence-corrected chi connectivity index (χ3v) is 4.53. The van der Waals surface area contributed by atoms with Crippen molar-refractivity contribution >= 4 is 33.2 Å². The summed E-state index contributed by atoms with van der Waals surface area (Å²) in [5.41, 5.74) is 0. The van der Waals surface area contributed by atoms with E-state index in [1.54, 1.807) is 0 Å². The summed E-state index contributed by atoms with van der Waals surface area (Å²) in [5.74, 6) is 0. The van der Waals surface area contributed by atoms with Gasteiger partial charge >= 0.3 is 57.5 Å². The molecular weight excluding hydrogens is 312 g/mol. The van der Waals surface area contributed by atoms with Crippen LogP contribution in [-0.2, 0) is 24.3 Å². The molecule has 0 unspecified atom stereocenters. The Morgan fingerprint density at radius 3 is 1.25 bits per heavy atom. The Morgan fingerprint density at radius 2 is 1.25 bits per heavy atom. The molecule has 8 heavy (non-hydrogen) atoms. The number of carbonyl (C=O) groups excluding carboxylic acids is 3. The molecular formula is C3IO3Ru. The summed E-state index contributed by atoms with van der Waals surface area (Å²) in [6.45, 7) is 0. The Bertz CT molecular complexity index is 276. The van der Waals surface area contributed by atoms with Gasteiger partial charge in [0.2, 0.25) is 0 Å². The standard InChI is InChI=1S/3CO.HI.Ru/c3*1-2;;/h;;;1H;/q;;;;+1/p-1. The Labute approximate surface area is 57.3 Å². The minimum atomic E-state index is -3.41. The molecule has 0 aromatic rings. The van der Waals surface area contributed by atoms with Crippen LogP contribution < -0.4 is 0 Å². The molecule has 0 spiro atoms. The van der Waals surface area contributed by atoms with Crippen LogP contribution >= 0.6 is 19.8 Å². The summed E-state index contributed by atoms with van der Waals surface area (Å²) < 4.78 is 4.01. The first kappa shape index (κ1) is 8.09. The van der Waals surface area contributed by atoms with Gasteiger partial charge in [0.25, 0.3) is 0 Å². The molecule has 0 atom stereocenters. The molecule has 0 fully saturated rings. The van der Waals surface area contributed by atoms with Crippen molar-refractivity contribution in [2.45, 2.75) is 0 Å². The number of halogens is 1. The molecule has 0 aromatic heterocycles. The molecule has 0 aromatic carbocycles. The molecule has 5 heteroatoms. The molecule has 0 aliphatic carbocycles. The van der Waals surface area contributed by atoms with Crippen molar-refractivity contribution in [3.05, 3.63) is 0 Å². The number of hydrogen-bond donors (Lipinski definition) is 0. The molecule has 45 valence electrons. The summed E-state index contributed by atoms with van der Waals surface area (Å²) in [6.07, 6.45) is 0. The average molecular weight is 312 g/mol. The van der Waals surface area contributed by atoms with Gasteiger partial charge in [0.15, 0.2) is 0 Å². The Hall–Kier alpha value is 0.0934. The van der Waals surface area contributed by atoms with Gasteiger partial charge in [-0.1, -0.05) is 0 Å². The fraction of sp³-hybridized carbons (Fsp3) is 0. The van der Waals surface area contributed by atoms with E-state index in [4.69, 9.17) is 0 Å². The normalized spacial score (nSPS) is 8.62. The summed E-state index contributed by atoms with van der Waals surface area (Å²) in [4.78, 5) is 29.1. The molecule has 0 aliphatic rings. The number of rotatable bonds is 0. The van der Waals surface area contributed by atoms with Gasteiger partial charge in [-0.2, -0.15) is 0 Å². The van der Waals surface area contributed by atoms with E-state index in [9.17, 15) is 14.4 Å². The Balaban J connectivity index is 6.52. The van der Waals surface area contributed by atoms with Gasteiger partial charge in [-0.3, -0.25) is 0 Å². The van der Waals surface area contributed by atoms with Crippen LogP contribution in [0.4, 0.5) is 0 Å². The maximum absolute atomic E-state index is 9.71. The first-order valence-electron chi connectivity index (χ1n) is 1.28. The van der Waals surface area contributed by atoms with Gasteiger partial charge in [-0.05, 0) is 0 Å². The van der Waals surface area contributed by atoms with E-state index < -0.39 is 9.91 Å². The van der Waals surface area contributed by atoms with Crippen LogP contribution in [0.2, 0.25) is 0 Å². The fourth-order valence-corrected chi connectivity index (χ4v) is 0.261. The topological polar surface area (TPSA) is 51.2 Å². The SMILES string of the molecule is O=[C]=[Ru]([I])(=[C]=O)=[C]=O. The van der Waals surface area contributed by atoms with E-state index >= 15 is 0 Å². The molecule has 3 nitrogen and oxygen atoms in total. The first-order chi connectivity index (χ1) is 3.68. The molecule has 0 heterocycles. The van der Waals surface area contributed by atoms with Crippen molar-refractivity contribution in [3.8, 4) is 0 Å². The molecule has 0 N–H and O–H groups in total. The summed E-state index contributed by atoms with van der Waals surface area (Å²) in [5, 5.41) is 0. The van der Waals surface area contributed by atoms with Gasteiger partial charge in [0, 0.05) is 0 Å². The second-order valence-corrected chi connectivity index (χ2v) is 10.8. The van der Waals surface area contributed by atoms with Crippen LogP contribution in [0.1, 0.15) is 0 Å². The molecule has 0 radical (unpaired) electrons. The molecule has 0 rings (SSSR count). The zero-order valence-electron chi connectivity index (χ0n) is 3.46. The van der Waals surface area contributed by atoms with Crippen molar-refractivity contribution in [1.82, 2.24) is 0 Å². The van der Waals surface area contributed by atoms with Crippen molar-refractivity contribution in [3.63, 3.8) is 0 Å². The van der Waals surface area contributed by atoms with Gasteiger partial charge in [0.1, 0.15) is 0 Å². The molecule has 0 bridgehead atoms. The van der Waals surface area contributed by atoms with Gasteiger partial charge in [-0.15, -0.1) is 0 Å². The van der Waals surface area contributed by atoms with Crippen LogP contribution in [0.3, 0.4) is 0 Å². The second-order valence-electron chi connectivity index (χ2n) is 0.682. The maximum atomic E-state index is 9.71. The average Bonchev–Trinajstić information content (AvgIpc) is 1.87. The molecule has 0 amide bonds. The van der Waals surface area contributed by atoms with Crippen molar-refractivity contribution in [2.75, 3.05) is 0 Å². The van der Waals surface area contributed by atoms with Crippen molar-refractivity contribution in [1.29, 1.82) is 0 Å². The number of hydrogen-bond acceptors (Lipinski definition) is 3. The molecule has 0 saturated heterocycles. The van der Waals surface area contributed by atoms with Crippen molar-refractivity contribution in [2.24, 2.45) is 0 Å². The van der Waals surface area contributed by atoms with E-state index in [1.807, 2.05) is 0 Å². The van der Waals surface area contributed by atoms with Crippen LogP contribution in [0.15, 0.2) is 0 Å². The van der Waals surface area contributed by atoms with Crippen molar-refractivity contribution < 1.29 is 24.3 Å². The Kier molecular flexibility index (Phi) is 3.22. The van der Waals surface area contributed by atoms with E-state index in [0.29, 0.717) is 0 Å². The monoisotopic (exact) mass is 313 g/mol. The summed E-state index contributed by atoms with van der Waals surface area (Å²) >= 11 is 1.47. The van der Waals surface area contributed by atoms with Gasteiger partial charge < -0.3 is 0 Å². The minimum absolute atomic E-state index is 1.34. The predicted molar refractivity (Wildman–Crippen MR) is 31.1 cm³/mol. The summed E-state index contributed by atoms with van der Waals surface area (Å²) in [7, 11) is -3.41. The third-order valence-electron chi connectivity index (χ3n) is 0.298. The van der Waals surface area contributed by atoms with Crippen LogP contribution in [0.5, 0.6) is 0 Å². The Morgan fingerprint density at radius 1 is 1.00 bits per heavy atom. The van der Waals surface area contributed by atoms with Crippen LogP contribution in [0, 0.1) is 0 Å². The van der Waals surface area contributed by atoms with Crippen LogP contribution in [0.25, 0.3) is 0 Å². The zero-order valence-corrected chi connectivity index (χ0v) is 7.35. The summed E-state index contributed by atoms with van der Waals surface area (Å²) in [6, 6.07) is 0. The van der Waals surface area contributed by atoms with E-state index in [0.717, 1.165) is 0 Å². The van der Waals surface area contributed by atoms with Gasteiger partial charge in [-0.25, -0.2) is 0 Å². The zero-order chi connectivity index (χ0) is 6.62.